The highest BCUT2D eigenvalue weighted by molar-refractivity contribution is 6.30. The summed E-state index contributed by atoms with van der Waals surface area (Å²) in [6.45, 7) is 4.12. The Balaban J connectivity index is 2.33. The Labute approximate surface area is 124 Å². The molecule has 0 aliphatic heterocycles. The fourth-order valence-electron chi connectivity index (χ4n) is 1.93. The predicted molar refractivity (Wildman–Crippen MR) is 85.0 cm³/mol. The van der Waals surface area contributed by atoms with Gasteiger partial charge in [0.1, 0.15) is 17.5 Å². The third kappa shape index (κ3) is 3.39. The first-order valence-electron chi connectivity index (χ1n) is 6.72. The van der Waals surface area contributed by atoms with E-state index in [1.807, 2.05) is 38.2 Å². The minimum Gasteiger partial charge on any atom is -0.373 e. The molecule has 0 atom stereocenters. The van der Waals surface area contributed by atoms with Gasteiger partial charge in [0.15, 0.2) is 0 Å². The number of benzene rings is 1. The summed E-state index contributed by atoms with van der Waals surface area (Å²) in [5, 5.41) is 7.16. The lowest BCUT2D eigenvalue weighted by atomic mass is 10.2. The lowest BCUT2D eigenvalue weighted by molar-refractivity contribution is 0.835. The van der Waals surface area contributed by atoms with Gasteiger partial charge in [-0.05, 0) is 37.6 Å². The largest absolute Gasteiger partial charge is 0.373 e. The lowest BCUT2D eigenvalue weighted by Gasteiger charge is -2.13. The summed E-state index contributed by atoms with van der Waals surface area (Å²) in [4.78, 5) is 9.11. The molecule has 0 unspecified atom stereocenters. The number of nitrogens with zero attached hydrogens (tertiary/aromatic N) is 2. The van der Waals surface area contributed by atoms with E-state index < -0.39 is 0 Å². The normalized spacial score (nSPS) is 10.4. The molecule has 0 radical (unpaired) electrons. The van der Waals surface area contributed by atoms with Gasteiger partial charge in [0.05, 0.1) is 0 Å². The van der Waals surface area contributed by atoms with E-state index >= 15 is 0 Å². The highest BCUT2D eigenvalue weighted by atomic mass is 35.5. The number of anilines is 3. The quantitative estimate of drug-likeness (QED) is 0.867. The average Bonchev–Trinajstić information content (AvgIpc) is 2.45. The minimum atomic E-state index is 0.720. The average molecular weight is 291 g/mol. The fraction of sp³-hybridized carbons (Fsp3) is 0.333. The van der Waals surface area contributed by atoms with E-state index in [-0.39, 0.29) is 0 Å². The van der Waals surface area contributed by atoms with Crippen LogP contribution in [0.3, 0.4) is 0 Å². The van der Waals surface area contributed by atoms with Gasteiger partial charge >= 0.3 is 0 Å². The van der Waals surface area contributed by atoms with Crippen LogP contribution in [0.25, 0.3) is 0 Å². The molecule has 0 saturated carbocycles. The van der Waals surface area contributed by atoms with E-state index in [0.29, 0.717) is 0 Å². The van der Waals surface area contributed by atoms with Crippen molar-refractivity contribution < 1.29 is 0 Å². The molecule has 0 aliphatic carbocycles. The summed E-state index contributed by atoms with van der Waals surface area (Å²) in [5.74, 6) is 2.54. The molecular weight excluding hydrogens is 272 g/mol. The van der Waals surface area contributed by atoms with Gasteiger partial charge in [-0.15, -0.1) is 0 Å². The molecule has 0 aliphatic rings. The van der Waals surface area contributed by atoms with Crippen molar-refractivity contribution >= 4 is 28.9 Å². The lowest BCUT2D eigenvalue weighted by Crippen LogP contribution is -2.07. The van der Waals surface area contributed by atoms with Crippen LogP contribution in [0.15, 0.2) is 24.3 Å². The Morgan fingerprint density at radius 1 is 1.10 bits per heavy atom. The van der Waals surface area contributed by atoms with Crippen molar-refractivity contribution in [3.05, 3.63) is 40.7 Å². The Bertz CT molecular complexity index is 581. The number of hydrogen-bond donors (Lipinski definition) is 2. The molecule has 0 bridgehead atoms. The first-order chi connectivity index (χ1) is 9.63. The van der Waals surface area contributed by atoms with Crippen LogP contribution in [0.2, 0.25) is 5.02 Å². The molecule has 1 aromatic heterocycles. The second-order valence-corrected chi connectivity index (χ2v) is 5.03. The summed E-state index contributed by atoms with van der Waals surface area (Å²) in [6.07, 6.45) is 1.89. The van der Waals surface area contributed by atoms with Crippen LogP contribution < -0.4 is 10.6 Å². The van der Waals surface area contributed by atoms with Gasteiger partial charge in [0.2, 0.25) is 0 Å². The van der Waals surface area contributed by atoms with Crippen molar-refractivity contribution in [1.82, 2.24) is 9.97 Å². The topological polar surface area (TPSA) is 49.8 Å². The number of aromatic nitrogens is 2. The van der Waals surface area contributed by atoms with Gasteiger partial charge in [-0.1, -0.05) is 18.5 Å². The summed E-state index contributed by atoms with van der Waals surface area (Å²) in [7, 11) is 1.87. The maximum absolute atomic E-state index is 5.90. The van der Waals surface area contributed by atoms with Crippen molar-refractivity contribution in [2.45, 2.75) is 26.7 Å². The summed E-state index contributed by atoms with van der Waals surface area (Å²) in [5.41, 5.74) is 1.96. The molecular formula is C15H19ClN4. The van der Waals surface area contributed by atoms with Crippen LogP contribution >= 0.6 is 11.6 Å². The van der Waals surface area contributed by atoms with Gasteiger partial charge in [-0.2, -0.15) is 0 Å². The van der Waals surface area contributed by atoms with Crippen LogP contribution in [0.4, 0.5) is 17.3 Å². The van der Waals surface area contributed by atoms with Gasteiger partial charge in [0.25, 0.3) is 0 Å². The van der Waals surface area contributed by atoms with Crippen LogP contribution in [0.5, 0.6) is 0 Å². The molecule has 2 aromatic rings. The number of halogens is 1. The van der Waals surface area contributed by atoms with E-state index in [1.54, 1.807) is 0 Å². The van der Waals surface area contributed by atoms with Gasteiger partial charge in [0, 0.05) is 29.7 Å². The van der Waals surface area contributed by atoms with E-state index in [2.05, 4.69) is 27.5 Å². The van der Waals surface area contributed by atoms with Crippen molar-refractivity contribution in [2.24, 2.45) is 0 Å². The molecule has 0 spiro atoms. The minimum absolute atomic E-state index is 0.720. The predicted octanol–water partition coefficient (Wildman–Crippen LogP) is 4.18. The van der Waals surface area contributed by atoms with Crippen molar-refractivity contribution in [3.8, 4) is 0 Å². The number of nitrogens with one attached hydrogen (secondary N) is 2. The van der Waals surface area contributed by atoms with E-state index in [0.717, 1.165) is 46.6 Å². The first kappa shape index (κ1) is 14.6. The highest BCUT2D eigenvalue weighted by Crippen LogP contribution is 2.24. The number of aryl methyl sites for hydroxylation is 1. The molecule has 5 heteroatoms. The third-order valence-corrected chi connectivity index (χ3v) is 3.26. The number of hydrogen-bond acceptors (Lipinski definition) is 4. The second kappa shape index (κ2) is 6.57. The zero-order valence-electron chi connectivity index (χ0n) is 12.0. The monoisotopic (exact) mass is 290 g/mol. The zero-order valence-corrected chi connectivity index (χ0v) is 12.8. The zero-order chi connectivity index (χ0) is 14.5. The summed E-state index contributed by atoms with van der Waals surface area (Å²) in [6, 6.07) is 7.57. The van der Waals surface area contributed by atoms with E-state index in [1.165, 1.54) is 0 Å². The maximum Gasteiger partial charge on any atom is 0.139 e. The van der Waals surface area contributed by atoms with E-state index in [9.17, 15) is 0 Å². The van der Waals surface area contributed by atoms with Crippen molar-refractivity contribution in [2.75, 3.05) is 17.7 Å². The maximum atomic E-state index is 5.90. The molecule has 4 nitrogen and oxygen atoms in total. The SMILES string of the molecule is CCCc1nc(NC)c(C)c(Nc2ccc(Cl)cc2)n1. The molecule has 0 amide bonds. The van der Waals surface area contributed by atoms with Crippen molar-refractivity contribution in [3.63, 3.8) is 0 Å². The molecule has 2 N–H and O–H groups in total. The highest BCUT2D eigenvalue weighted by Gasteiger charge is 2.10. The Morgan fingerprint density at radius 2 is 1.75 bits per heavy atom. The smallest absolute Gasteiger partial charge is 0.139 e. The molecule has 1 aromatic carbocycles. The van der Waals surface area contributed by atoms with Crippen LogP contribution in [0.1, 0.15) is 24.7 Å². The third-order valence-electron chi connectivity index (χ3n) is 3.01. The second-order valence-electron chi connectivity index (χ2n) is 4.59. The summed E-state index contributed by atoms with van der Waals surface area (Å²) < 4.78 is 0. The molecule has 106 valence electrons. The summed E-state index contributed by atoms with van der Waals surface area (Å²) >= 11 is 5.90. The Kier molecular flexibility index (Phi) is 4.79. The number of rotatable bonds is 5. The Morgan fingerprint density at radius 3 is 2.35 bits per heavy atom. The molecule has 1 heterocycles. The van der Waals surface area contributed by atoms with E-state index in [4.69, 9.17) is 11.6 Å². The molecule has 20 heavy (non-hydrogen) atoms. The Hall–Kier alpha value is -1.81. The van der Waals surface area contributed by atoms with Gasteiger partial charge in [-0.3, -0.25) is 0 Å². The van der Waals surface area contributed by atoms with Crippen LogP contribution in [-0.2, 0) is 6.42 Å². The molecule has 2 rings (SSSR count). The van der Waals surface area contributed by atoms with Crippen molar-refractivity contribution in [1.29, 1.82) is 0 Å². The molecule has 0 saturated heterocycles. The van der Waals surface area contributed by atoms with Crippen LogP contribution in [0, 0.1) is 6.92 Å². The fourth-order valence-corrected chi connectivity index (χ4v) is 2.06. The molecule has 0 fully saturated rings. The standard InChI is InChI=1S/C15H19ClN4/c1-4-5-13-19-14(17-3)10(2)15(20-13)18-12-8-6-11(16)7-9-12/h6-9H,4-5H2,1-3H3,(H2,17,18,19,20). The van der Waals surface area contributed by atoms with Gasteiger partial charge < -0.3 is 10.6 Å². The van der Waals surface area contributed by atoms with Gasteiger partial charge in [-0.25, -0.2) is 9.97 Å². The van der Waals surface area contributed by atoms with Crippen LogP contribution in [-0.4, -0.2) is 17.0 Å². The first-order valence-corrected chi connectivity index (χ1v) is 7.09.